The fourth-order valence-corrected chi connectivity index (χ4v) is 6.17. The molecule has 0 unspecified atom stereocenters. The Morgan fingerprint density at radius 3 is 2.44 bits per heavy atom. The van der Waals surface area contributed by atoms with Crippen molar-refractivity contribution in [2.75, 3.05) is 19.6 Å². The predicted octanol–water partition coefficient (Wildman–Crippen LogP) is 2.08. The molecule has 5 aliphatic rings. The van der Waals surface area contributed by atoms with Crippen LogP contribution in [-0.2, 0) is 9.59 Å². The van der Waals surface area contributed by atoms with Crippen molar-refractivity contribution < 1.29 is 9.59 Å². The highest BCUT2D eigenvalue weighted by Crippen LogP contribution is 2.55. The lowest BCUT2D eigenvalue weighted by atomic mass is 9.53. The first kappa shape index (κ1) is 18.3. The maximum Gasteiger partial charge on any atom is 0.263 e. The molecule has 4 bridgehead atoms. The van der Waals surface area contributed by atoms with E-state index >= 15 is 0 Å². The van der Waals surface area contributed by atoms with Crippen LogP contribution in [0.3, 0.4) is 0 Å². The summed E-state index contributed by atoms with van der Waals surface area (Å²) in [5.41, 5.74) is 0.260. The van der Waals surface area contributed by atoms with E-state index in [9.17, 15) is 14.9 Å². The first-order valence-corrected chi connectivity index (χ1v) is 10.5. The number of amides is 2. The SMILES string of the molecule is N#C/C(=C/NC12CC3CC(CC(C3)C1)C2)C(=O)NCCCN1CCCC1=O. The number of likely N-dealkylation sites (tertiary alicyclic amines) is 1. The summed E-state index contributed by atoms with van der Waals surface area (Å²) >= 11 is 0. The Bertz CT molecular complexity index is 643. The summed E-state index contributed by atoms with van der Waals surface area (Å²) in [5, 5.41) is 15.7. The van der Waals surface area contributed by atoms with E-state index in [4.69, 9.17) is 0 Å². The van der Waals surface area contributed by atoms with Crippen LogP contribution in [0.15, 0.2) is 11.8 Å². The van der Waals surface area contributed by atoms with Gasteiger partial charge in [-0.25, -0.2) is 0 Å². The lowest BCUT2D eigenvalue weighted by molar-refractivity contribution is -0.127. The maximum absolute atomic E-state index is 12.3. The molecule has 0 aromatic carbocycles. The van der Waals surface area contributed by atoms with E-state index in [0.717, 1.165) is 37.1 Å². The highest BCUT2D eigenvalue weighted by molar-refractivity contribution is 5.97. The summed E-state index contributed by atoms with van der Waals surface area (Å²) in [7, 11) is 0. The largest absolute Gasteiger partial charge is 0.384 e. The minimum Gasteiger partial charge on any atom is -0.384 e. The minimum absolute atomic E-state index is 0.104. The molecule has 1 heterocycles. The first-order chi connectivity index (χ1) is 13.1. The molecule has 0 atom stereocenters. The minimum atomic E-state index is -0.317. The number of hydrogen-bond donors (Lipinski definition) is 2. The van der Waals surface area contributed by atoms with Crippen LogP contribution in [0.5, 0.6) is 0 Å². The van der Waals surface area contributed by atoms with Crippen molar-refractivity contribution in [2.24, 2.45) is 17.8 Å². The van der Waals surface area contributed by atoms with Gasteiger partial charge in [-0.3, -0.25) is 9.59 Å². The second kappa shape index (κ2) is 7.53. The van der Waals surface area contributed by atoms with Gasteiger partial charge >= 0.3 is 0 Å². The van der Waals surface area contributed by atoms with Crippen LogP contribution < -0.4 is 10.6 Å². The third-order valence-corrected chi connectivity index (χ3v) is 6.99. The zero-order valence-electron chi connectivity index (χ0n) is 16.0. The molecule has 6 nitrogen and oxygen atoms in total. The lowest BCUT2D eigenvalue weighted by Crippen LogP contribution is -2.57. The summed E-state index contributed by atoms with van der Waals surface area (Å²) in [5.74, 6) is 2.36. The van der Waals surface area contributed by atoms with E-state index in [-0.39, 0.29) is 22.9 Å². The molecule has 5 fully saturated rings. The van der Waals surface area contributed by atoms with E-state index in [1.165, 1.54) is 38.5 Å². The predicted molar refractivity (Wildman–Crippen MR) is 101 cm³/mol. The molecule has 1 aliphatic heterocycles. The quantitative estimate of drug-likeness (QED) is 0.408. The fourth-order valence-electron chi connectivity index (χ4n) is 6.17. The van der Waals surface area contributed by atoms with E-state index in [1.807, 2.05) is 11.0 Å². The van der Waals surface area contributed by atoms with Gasteiger partial charge in [0, 0.05) is 37.8 Å². The smallest absolute Gasteiger partial charge is 0.263 e. The summed E-state index contributed by atoms with van der Waals surface area (Å²) in [6.45, 7) is 1.99. The number of nitriles is 1. The van der Waals surface area contributed by atoms with Crippen LogP contribution in [0.1, 0.15) is 57.8 Å². The van der Waals surface area contributed by atoms with E-state index < -0.39 is 0 Å². The number of nitrogens with one attached hydrogen (secondary N) is 2. The molecule has 4 aliphatic carbocycles. The molecule has 2 amide bonds. The summed E-state index contributed by atoms with van der Waals surface area (Å²) in [6, 6.07) is 2.05. The number of rotatable bonds is 7. The Hall–Kier alpha value is -2.03. The summed E-state index contributed by atoms with van der Waals surface area (Å²) < 4.78 is 0. The Balaban J connectivity index is 1.26. The van der Waals surface area contributed by atoms with Crippen molar-refractivity contribution in [3.05, 3.63) is 11.8 Å². The van der Waals surface area contributed by atoms with Gasteiger partial charge in [-0.05, 0) is 69.1 Å². The van der Waals surface area contributed by atoms with Gasteiger partial charge in [0.2, 0.25) is 5.91 Å². The topological polar surface area (TPSA) is 85.2 Å². The third kappa shape index (κ3) is 3.97. The number of carbonyl (C=O) groups excluding carboxylic acids is 2. The zero-order valence-corrected chi connectivity index (χ0v) is 16.0. The normalized spacial score (nSPS) is 34.6. The zero-order chi connectivity index (χ0) is 18.9. The molecule has 5 rings (SSSR count). The van der Waals surface area contributed by atoms with Crippen LogP contribution in [0.4, 0.5) is 0 Å². The molecule has 0 spiro atoms. The van der Waals surface area contributed by atoms with Crippen LogP contribution in [0, 0.1) is 29.1 Å². The molecule has 1 saturated heterocycles. The number of nitrogens with zero attached hydrogens (tertiary/aromatic N) is 2. The molecular weight excluding hydrogens is 340 g/mol. The average molecular weight is 370 g/mol. The molecule has 0 aromatic rings. The molecular formula is C21H30N4O2. The Labute approximate surface area is 161 Å². The van der Waals surface area contributed by atoms with Gasteiger partial charge in [0.25, 0.3) is 5.91 Å². The van der Waals surface area contributed by atoms with Crippen molar-refractivity contribution in [1.29, 1.82) is 5.26 Å². The van der Waals surface area contributed by atoms with E-state index in [0.29, 0.717) is 19.5 Å². The van der Waals surface area contributed by atoms with Crippen molar-refractivity contribution in [2.45, 2.75) is 63.3 Å². The molecule has 6 heteroatoms. The van der Waals surface area contributed by atoms with Crippen molar-refractivity contribution in [3.8, 4) is 6.07 Å². The maximum atomic E-state index is 12.3. The van der Waals surface area contributed by atoms with Gasteiger partial charge in [0.15, 0.2) is 0 Å². The Morgan fingerprint density at radius 2 is 1.89 bits per heavy atom. The van der Waals surface area contributed by atoms with Crippen molar-refractivity contribution in [3.63, 3.8) is 0 Å². The Morgan fingerprint density at radius 1 is 1.22 bits per heavy atom. The van der Waals surface area contributed by atoms with Gasteiger partial charge in [0.1, 0.15) is 11.6 Å². The molecule has 2 N–H and O–H groups in total. The summed E-state index contributed by atoms with van der Waals surface area (Å²) in [6.07, 6.45) is 11.6. The third-order valence-electron chi connectivity index (χ3n) is 6.99. The number of hydrogen-bond acceptors (Lipinski definition) is 4. The van der Waals surface area contributed by atoms with E-state index in [1.54, 1.807) is 6.20 Å². The van der Waals surface area contributed by atoms with Gasteiger partial charge in [-0.15, -0.1) is 0 Å². The average Bonchev–Trinajstić information content (AvgIpc) is 3.03. The second-order valence-corrected chi connectivity index (χ2v) is 9.11. The van der Waals surface area contributed by atoms with E-state index in [2.05, 4.69) is 10.6 Å². The van der Waals surface area contributed by atoms with Gasteiger partial charge in [0.05, 0.1) is 0 Å². The standard InChI is InChI=1S/C21H30N4O2/c22-13-18(20(27)23-4-2-6-25-5-1-3-19(25)26)14-24-21-10-15-7-16(11-21)9-17(8-15)12-21/h14-17,24H,1-12H2,(H,23,27)/b18-14-. The molecule has 4 saturated carbocycles. The van der Waals surface area contributed by atoms with Crippen LogP contribution in [-0.4, -0.2) is 41.9 Å². The highest BCUT2D eigenvalue weighted by atomic mass is 16.2. The molecule has 27 heavy (non-hydrogen) atoms. The Kier molecular flexibility index (Phi) is 5.12. The van der Waals surface area contributed by atoms with Gasteiger partial charge in [-0.1, -0.05) is 0 Å². The first-order valence-electron chi connectivity index (χ1n) is 10.5. The van der Waals surface area contributed by atoms with Crippen LogP contribution in [0.25, 0.3) is 0 Å². The lowest BCUT2D eigenvalue weighted by Gasteiger charge is -2.56. The highest BCUT2D eigenvalue weighted by Gasteiger charge is 2.50. The number of carbonyl (C=O) groups is 2. The fraction of sp³-hybridized carbons (Fsp3) is 0.762. The van der Waals surface area contributed by atoms with Gasteiger partial charge < -0.3 is 15.5 Å². The molecule has 0 radical (unpaired) electrons. The van der Waals surface area contributed by atoms with Crippen LogP contribution >= 0.6 is 0 Å². The van der Waals surface area contributed by atoms with Gasteiger partial charge in [-0.2, -0.15) is 5.26 Å². The monoisotopic (exact) mass is 370 g/mol. The van der Waals surface area contributed by atoms with Crippen LogP contribution in [0.2, 0.25) is 0 Å². The summed E-state index contributed by atoms with van der Waals surface area (Å²) in [4.78, 5) is 25.8. The molecule has 146 valence electrons. The second-order valence-electron chi connectivity index (χ2n) is 9.11. The molecule has 0 aromatic heterocycles. The van der Waals surface area contributed by atoms with Crippen molar-refractivity contribution >= 4 is 11.8 Å². The van der Waals surface area contributed by atoms with Crippen molar-refractivity contribution in [1.82, 2.24) is 15.5 Å².